The van der Waals surface area contributed by atoms with E-state index in [0.29, 0.717) is 6.54 Å². The molecular weight excluding hydrogens is 252 g/mol. The second kappa shape index (κ2) is 4.54. The van der Waals surface area contributed by atoms with Crippen LogP contribution in [-0.2, 0) is 6.54 Å². The number of nitrogens with zero attached hydrogens (tertiary/aromatic N) is 1. The van der Waals surface area contributed by atoms with E-state index in [4.69, 9.17) is 5.73 Å². The predicted molar refractivity (Wildman–Crippen MR) is 68.0 cm³/mol. The van der Waals surface area contributed by atoms with Crippen molar-refractivity contribution in [3.05, 3.63) is 28.2 Å². The zero-order valence-corrected chi connectivity index (χ0v) is 10.6. The topological polar surface area (TPSA) is 29.3 Å². The van der Waals surface area contributed by atoms with Crippen molar-refractivity contribution < 1.29 is 0 Å². The third-order valence-electron chi connectivity index (χ3n) is 2.89. The number of anilines is 1. The fourth-order valence-corrected chi connectivity index (χ4v) is 2.50. The second-order valence-electron chi connectivity index (χ2n) is 4.31. The zero-order valence-electron chi connectivity index (χ0n) is 9.04. The van der Waals surface area contributed by atoms with Crippen LogP contribution in [0.15, 0.2) is 22.7 Å². The summed E-state index contributed by atoms with van der Waals surface area (Å²) >= 11 is 3.60. The number of hydrogen-bond donors (Lipinski definition) is 1. The highest BCUT2D eigenvalue weighted by Crippen LogP contribution is 2.33. The van der Waals surface area contributed by atoms with Crippen molar-refractivity contribution in [3.63, 3.8) is 0 Å². The minimum atomic E-state index is 0.602. The van der Waals surface area contributed by atoms with E-state index in [1.165, 1.54) is 30.6 Å². The molecule has 1 saturated carbocycles. The lowest BCUT2D eigenvalue weighted by Crippen LogP contribution is -2.20. The fourth-order valence-electron chi connectivity index (χ4n) is 1.77. The van der Waals surface area contributed by atoms with Crippen LogP contribution >= 0.6 is 15.9 Å². The van der Waals surface area contributed by atoms with Crippen molar-refractivity contribution in [3.8, 4) is 0 Å². The monoisotopic (exact) mass is 268 g/mol. The smallest absolute Gasteiger partial charge is 0.0508 e. The zero-order chi connectivity index (χ0) is 10.8. The van der Waals surface area contributed by atoms with Crippen molar-refractivity contribution in [2.45, 2.75) is 19.4 Å². The average Bonchev–Trinajstić information content (AvgIpc) is 3.01. The molecule has 0 unspecified atom stereocenters. The Morgan fingerprint density at radius 1 is 1.47 bits per heavy atom. The largest absolute Gasteiger partial charge is 0.373 e. The number of halogens is 1. The summed E-state index contributed by atoms with van der Waals surface area (Å²) in [4.78, 5) is 2.32. The van der Waals surface area contributed by atoms with Crippen molar-refractivity contribution >= 4 is 21.6 Å². The Morgan fingerprint density at radius 3 is 2.73 bits per heavy atom. The molecule has 2 N–H and O–H groups in total. The molecule has 0 amide bonds. The maximum atomic E-state index is 5.60. The van der Waals surface area contributed by atoms with Gasteiger partial charge in [0.1, 0.15) is 0 Å². The van der Waals surface area contributed by atoms with Crippen LogP contribution in [0.3, 0.4) is 0 Å². The van der Waals surface area contributed by atoms with Gasteiger partial charge in [0, 0.05) is 24.6 Å². The van der Waals surface area contributed by atoms with E-state index in [2.05, 4.69) is 46.1 Å². The molecule has 3 heteroatoms. The highest BCUT2D eigenvalue weighted by atomic mass is 79.9. The molecular formula is C12H17BrN2. The number of nitrogens with two attached hydrogens (primary N) is 1. The van der Waals surface area contributed by atoms with E-state index in [-0.39, 0.29) is 0 Å². The molecule has 0 radical (unpaired) electrons. The summed E-state index contributed by atoms with van der Waals surface area (Å²) in [6.45, 7) is 1.77. The summed E-state index contributed by atoms with van der Waals surface area (Å²) in [7, 11) is 2.15. The second-order valence-corrected chi connectivity index (χ2v) is 5.17. The third kappa shape index (κ3) is 2.73. The summed E-state index contributed by atoms with van der Waals surface area (Å²) in [5.41, 5.74) is 8.04. The van der Waals surface area contributed by atoms with Gasteiger partial charge in [-0.15, -0.1) is 0 Å². The van der Waals surface area contributed by atoms with Crippen LogP contribution in [-0.4, -0.2) is 13.6 Å². The van der Waals surface area contributed by atoms with Gasteiger partial charge in [0.05, 0.1) is 5.69 Å². The van der Waals surface area contributed by atoms with Crippen LogP contribution in [0.4, 0.5) is 5.69 Å². The number of rotatable bonds is 4. The Balaban J connectivity index is 2.11. The van der Waals surface area contributed by atoms with Gasteiger partial charge in [-0.2, -0.15) is 0 Å². The molecule has 0 atom stereocenters. The lowest BCUT2D eigenvalue weighted by molar-refractivity contribution is 0.786. The van der Waals surface area contributed by atoms with Gasteiger partial charge < -0.3 is 10.6 Å². The first-order valence-electron chi connectivity index (χ1n) is 5.40. The molecule has 2 rings (SSSR count). The lowest BCUT2D eigenvalue weighted by atomic mass is 10.2. The van der Waals surface area contributed by atoms with Gasteiger partial charge in [0.25, 0.3) is 0 Å². The van der Waals surface area contributed by atoms with Crippen LogP contribution in [0, 0.1) is 5.92 Å². The highest BCUT2D eigenvalue weighted by Gasteiger charge is 2.23. The van der Waals surface area contributed by atoms with Crippen molar-refractivity contribution in [1.29, 1.82) is 0 Å². The van der Waals surface area contributed by atoms with Crippen LogP contribution < -0.4 is 10.6 Å². The van der Waals surface area contributed by atoms with Gasteiger partial charge in [-0.25, -0.2) is 0 Å². The molecule has 1 fully saturated rings. The van der Waals surface area contributed by atoms with Crippen molar-refractivity contribution in [2.24, 2.45) is 11.7 Å². The molecule has 82 valence electrons. The molecule has 1 aliphatic rings. The van der Waals surface area contributed by atoms with E-state index in [0.717, 1.165) is 10.4 Å². The first-order valence-corrected chi connectivity index (χ1v) is 6.19. The minimum absolute atomic E-state index is 0.602. The Kier molecular flexibility index (Phi) is 3.32. The summed E-state index contributed by atoms with van der Waals surface area (Å²) in [6, 6.07) is 6.36. The van der Waals surface area contributed by atoms with Gasteiger partial charge in [0.15, 0.2) is 0 Å². The summed E-state index contributed by atoms with van der Waals surface area (Å²) in [5.74, 6) is 0.913. The van der Waals surface area contributed by atoms with E-state index in [1.54, 1.807) is 0 Å². The summed E-state index contributed by atoms with van der Waals surface area (Å²) < 4.78 is 1.15. The molecule has 0 saturated heterocycles. The Bertz CT molecular complexity index is 347. The van der Waals surface area contributed by atoms with Crippen LogP contribution in [0.25, 0.3) is 0 Å². The normalized spacial score (nSPS) is 15.4. The number of benzene rings is 1. The molecule has 0 heterocycles. The molecule has 0 spiro atoms. The number of hydrogen-bond acceptors (Lipinski definition) is 2. The van der Waals surface area contributed by atoms with E-state index in [9.17, 15) is 0 Å². The molecule has 0 aliphatic heterocycles. The fraction of sp³-hybridized carbons (Fsp3) is 0.500. The van der Waals surface area contributed by atoms with E-state index < -0.39 is 0 Å². The lowest BCUT2D eigenvalue weighted by Gasteiger charge is -2.21. The molecule has 0 aromatic heterocycles. The van der Waals surface area contributed by atoms with Gasteiger partial charge in [-0.05, 0) is 52.4 Å². The van der Waals surface area contributed by atoms with Crippen LogP contribution in [0.5, 0.6) is 0 Å². The van der Waals surface area contributed by atoms with Gasteiger partial charge in [-0.1, -0.05) is 6.07 Å². The predicted octanol–water partition coefficient (Wildman–Crippen LogP) is 2.75. The first kappa shape index (κ1) is 11.0. The summed E-state index contributed by atoms with van der Waals surface area (Å²) in [6.07, 6.45) is 2.78. The van der Waals surface area contributed by atoms with E-state index in [1.807, 2.05) is 0 Å². The van der Waals surface area contributed by atoms with Gasteiger partial charge >= 0.3 is 0 Å². The average molecular weight is 269 g/mol. The molecule has 2 nitrogen and oxygen atoms in total. The Labute approximate surface area is 99.6 Å². The van der Waals surface area contributed by atoms with Crippen LogP contribution in [0.1, 0.15) is 18.4 Å². The summed E-state index contributed by atoms with van der Waals surface area (Å²) in [5, 5.41) is 0. The Morgan fingerprint density at radius 2 is 2.20 bits per heavy atom. The molecule has 1 aromatic carbocycles. The van der Waals surface area contributed by atoms with Crippen molar-refractivity contribution in [1.82, 2.24) is 0 Å². The molecule has 1 aliphatic carbocycles. The minimum Gasteiger partial charge on any atom is -0.373 e. The van der Waals surface area contributed by atoms with Crippen LogP contribution in [0.2, 0.25) is 0 Å². The maximum Gasteiger partial charge on any atom is 0.0508 e. The quantitative estimate of drug-likeness (QED) is 0.910. The highest BCUT2D eigenvalue weighted by molar-refractivity contribution is 9.10. The third-order valence-corrected chi connectivity index (χ3v) is 3.52. The SMILES string of the molecule is CN(CC1CC1)c1ccc(CN)cc1Br. The Hall–Kier alpha value is -0.540. The molecule has 1 aromatic rings. The van der Waals surface area contributed by atoms with Gasteiger partial charge in [0.2, 0.25) is 0 Å². The molecule has 15 heavy (non-hydrogen) atoms. The van der Waals surface area contributed by atoms with Crippen molar-refractivity contribution in [2.75, 3.05) is 18.5 Å². The molecule has 0 bridgehead atoms. The maximum absolute atomic E-state index is 5.60. The standard InChI is InChI=1S/C12H17BrN2/c1-15(8-9-2-3-9)12-5-4-10(7-14)6-11(12)13/h4-6,9H,2-3,7-8,14H2,1H3. The van der Waals surface area contributed by atoms with Gasteiger partial charge in [-0.3, -0.25) is 0 Å². The van der Waals surface area contributed by atoms with E-state index >= 15 is 0 Å². The first-order chi connectivity index (χ1) is 7.20.